The van der Waals surface area contributed by atoms with Gasteiger partial charge in [0.2, 0.25) is 0 Å². The Morgan fingerprint density at radius 2 is 1.82 bits per heavy atom. The van der Waals surface area contributed by atoms with Crippen molar-refractivity contribution >= 4 is 0 Å². The van der Waals surface area contributed by atoms with Crippen LogP contribution in [0, 0.1) is 10.8 Å². The van der Waals surface area contributed by atoms with Crippen LogP contribution in [0.1, 0.15) is 51.4 Å². The summed E-state index contributed by atoms with van der Waals surface area (Å²) in [6.45, 7) is 0.898. The third-order valence-electron chi connectivity index (χ3n) is 5.58. The average Bonchev–Trinajstić information content (AvgIpc) is 2.87. The molecule has 1 saturated heterocycles. The van der Waals surface area contributed by atoms with Gasteiger partial charge in [0.05, 0.1) is 6.10 Å². The number of ether oxygens (including phenoxy) is 2. The summed E-state index contributed by atoms with van der Waals surface area (Å²) in [5.74, 6) is 0. The molecule has 0 aromatic carbocycles. The van der Waals surface area contributed by atoms with E-state index in [1.54, 1.807) is 0 Å². The molecule has 3 atom stereocenters. The second-order valence-electron chi connectivity index (χ2n) is 6.58. The van der Waals surface area contributed by atoms with E-state index in [0.717, 1.165) is 13.0 Å². The molecule has 0 spiro atoms. The van der Waals surface area contributed by atoms with Crippen molar-refractivity contribution in [1.82, 2.24) is 0 Å². The van der Waals surface area contributed by atoms with Gasteiger partial charge < -0.3 is 9.47 Å². The van der Waals surface area contributed by atoms with Gasteiger partial charge in [0.15, 0.2) is 6.29 Å². The maximum absolute atomic E-state index is 6.18. The lowest BCUT2D eigenvalue weighted by molar-refractivity contribution is -0.189. The van der Waals surface area contributed by atoms with Gasteiger partial charge in [0.25, 0.3) is 0 Å². The van der Waals surface area contributed by atoms with Gasteiger partial charge in [0.1, 0.15) is 0 Å². The lowest BCUT2D eigenvalue weighted by Gasteiger charge is -2.27. The van der Waals surface area contributed by atoms with Crippen LogP contribution in [0.4, 0.5) is 0 Å². The van der Waals surface area contributed by atoms with E-state index < -0.39 is 0 Å². The second-order valence-corrected chi connectivity index (χ2v) is 6.58. The monoisotopic (exact) mass is 234 g/mol. The van der Waals surface area contributed by atoms with Crippen molar-refractivity contribution in [2.75, 3.05) is 6.61 Å². The molecule has 17 heavy (non-hydrogen) atoms. The fourth-order valence-electron chi connectivity index (χ4n) is 4.62. The third-order valence-corrected chi connectivity index (χ3v) is 5.58. The van der Waals surface area contributed by atoms with Gasteiger partial charge in [-0.1, -0.05) is 12.2 Å². The van der Waals surface area contributed by atoms with Crippen molar-refractivity contribution in [3.05, 3.63) is 12.2 Å². The summed E-state index contributed by atoms with van der Waals surface area (Å²) < 4.78 is 11.9. The Bertz CT molecular complexity index is 323. The molecule has 0 N–H and O–H groups in total. The van der Waals surface area contributed by atoms with Crippen LogP contribution in [-0.4, -0.2) is 19.0 Å². The highest BCUT2D eigenvalue weighted by Crippen LogP contribution is 2.78. The third kappa shape index (κ3) is 1.53. The molecule has 3 fully saturated rings. The molecule has 3 aliphatic carbocycles. The van der Waals surface area contributed by atoms with Gasteiger partial charge in [-0.2, -0.15) is 0 Å². The van der Waals surface area contributed by atoms with Gasteiger partial charge in [-0.3, -0.25) is 0 Å². The maximum Gasteiger partial charge on any atom is 0.157 e. The number of allylic oxidation sites excluding steroid dienone is 2. The Labute approximate surface area is 103 Å². The van der Waals surface area contributed by atoms with E-state index in [0.29, 0.717) is 16.9 Å². The maximum atomic E-state index is 6.18. The van der Waals surface area contributed by atoms with Crippen LogP contribution in [0.15, 0.2) is 12.2 Å². The summed E-state index contributed by atoms with van der Waals surface area (Å²) in [6.07, 6.45) is 15.6. The topological polar surface area (TPSA) is 18.5 Å². The van der Waals surface area contributed by atoms with Crippen molar-refractivity contribution in [2.45, 2.75) is 63.8 Å². The van der Waals surface area contributed by atoms with Gasteiger partial charge in [-0.05, 0) is 62.2 Å². The summed E-state index contributed by atoms with van der Waals surface area (Å²) >= 11 is 0. The van der Waals surface area contributed by atoms with E-state index in [-0.39, 0.29) is 6.29 Å². The average molecular weight is 234 g/mol. The zero-order valence-electron chi connectivity index (χ0n) is 10.5. The normalized spacial score (nSPS) is 52.0. The Hall–Kier alpha value is -0.340. The molecular formula is C15H22O2. The Morgan fingerprint density at radius 1 is 1.06 bits per heavy atom. The van der Waals surface area contributed by atoms with Crippen LogP contribution in [0.3, 0.4) is 0 Å². The number of hydrogen-bond donors (Lipinski definition) is 0. The molecule has 0 aromatic rings. The lowest BCUT2D eigenvalue weighted by Crippen LogP contribution is -2.27. The Kier molecular flexibility index (Phi) is 2.23. The van der Waals surface area contributed by atoms with E-state index in [4.69, 9.17) is 9.47 Å². The van der Waals surface area contributed by atoms with Crippen LogP contribution in [-0.2, 0) is 9.47 Å². The molecule has 0 bridgehead atoms. The van der Waals surface area contributed by atoms with Crippen LogP contribution in [0.25, 0.3) is 0 Å². The minimum atomic E-state index is 0.106. The fraction of sp³-hybridized carbons (Fsp3) is 0.867. The molecule has 3 unspecified atom stereocenters. The second kappa shape index (κ2) is 3.58. The van der Waals surface area contributed by atoms with Crippen LogP contribution in [0.2, 0.25) is 0 Å². The first kappa shape index (κ1) is 10.6. The molecule has 1 aliphatic heterocycles. The number of rotatable bonds is 2. The molecule has 4 aliphatic rings. The molecule has 94 valence electrons. The largest absolute Gasteiger partial charge is 0.353 e. The first-order valence-corrected chi connectivity index (χ1v) is 7.24. The Balaban J connectivity index is 1.39. The molecular weight excluding hydrogens is 212 g/mol. The van der Waals surface area contributed by atoms with Gasteiger partial charge in [-0.15, -0.1) is 0 Å². The summed E-state index contributed by atoms with van der Waals surface area (Å²) in [7, 11) is 0. The summed E-state index contributed by atoms with van der Waals surface area (Å²) in [5, 5.41) is 0. The fourth-order valence-corrected chi connectivity index (χ4v) is 4.62. The van der Waals surface area contributed by atoms with Crippen molar-refractivity contribution in [2.24, 2.45) is 10.8 Å². The summed E-state index contributed by atoms with van der Waals surface area (Å²) in [4.78, 5) is 0. The number of hydrogen-bond acceptors (Lipinski definition) is 2. The first-order chi connectivity index (χ1) is 8.32. The molecule has 0 radical (unpaired) electrons. The SMILES string of the molecule is C1=CCC23CC(OC4CCCCO4)CC2(C1)C3. The minimum absolute atomic E-state index is 0.106. The highest BCUT2D eigenvalue weighted by Gasteiger charge is 2.71. The zero-order chi connectivity index (χ0) is 11.3. The molecule has 4 rings (SSSR count). The van der Waals surface area contributed by atoms with E-state index in [1.165, 1.54) is 44.9 Å². The first-order valence-electron chi connectivity index (χ1n) is 7.24. The zero-order valence-corrected chi connectivity index (χ0v) is 10.5. The van der Waals surface area contributed by atoms with Crippen molar-refractivity contribution in [1.29, 1.82) is 0 Å². The van der Waals surface area contributed by atoms with Crippen LogP contribution in [0.5, 0.6) is 0 Å². The smallest absolute Gasteiger partial charge is 0.157 e. The van der Waals surface area contributed by atoms with Crippen LogP contribution < -0.4 is 0 Å². The predicted molar refractivity (Wildman–Crippen MR) is 65.6 cm³/mol. The predicted octanol–water partition coefficient (Wildman–Crippen LogP) is 3.42. The standard InChI is InChI=1S/C15H22O2/c1-4-8-16-13(5-1)17-12-9-14-6-2-3-7-15(14,10-12)11-14/h2-3,12-13H,1,4-11H2. The van der Waals surface area contributed by atoms with Crippen molar-refractivity contribution in [3.63, 3.8) is 0 Å². The highest BCUT2D eigenvalue weighted by molar-refractivity contribution is 5.26. The van der Waals surface area contributed by atoms with E-state index in [2.05, 4.69) is 12.2 Å². The molecule has 2 saturated carbocycles. The molecule has 2 nitrogen and oxygen atoms in total. The molecule has 0 aromatic heterocycles. The van der Waals surface area contributed by atoms with E-state index in [9.17, 15) is 0 Å². The quantitative estimate of drug-likeness (QED) is 0.682. The summed E-state index contributed by atoms with van der Waals surface area (Å²) in [6, 6.07) is 0. The van der Waals surface area contributed by atoms with Crippen molar-refractivity contribution in [3.8, 4) is 0 Å². The van der Waals surface area contributed by atoms with E-state index in [1.807, 2.05) is 0 Å². The molecule has 1 heterocycles. The molecule has 2 heteroatoms. The van der Waals surface area contributed by atoms with Gasteiger partial charge in [-0.25, -0.2) is 0 Å². The Morgan fingerprint density at radius 3 is 2.47 bits per heavy atom. The van der Waals surface area contributed by atoms with Gasteiger partial charge >= 0.3 is 0 Å². The lowest BCUT2D eigenvalue weighted by atomic mass is 9.86. The minimum Gasteiger partial charge on any atom is -0.353 e. The van der Waals surface area contributed by atoms with Crippen LogP contribution >= 0.6 is 0 Å². The molecule has 0 amide bonds. The van der Waals surface area contributed by atoms with E-state index >= 15 is 0 Å². The van der Waals surface area contributed by atoms with Crippen molar-refractivity contribution < 1.29 is 9.47 Å². The highest BCUT2D eigenvalue weighted by atomic mass is 16.7. The summed E-state index contributed by atoms with van der Waals surface area (Å²) in [5.41, 5.74) is 1.28. The van der Waals surface area contributed by atoms with Gasteiger partial charge in [0, 0.05) is 6.61 Å².